The normalized spacial score (nSPS) is 19.4. The van der Waals surface area contributed by atoms with Gasteiger partial charge in [0.15, 0.2) is 0 Å². The first-order valence-corrected chi connectivity index (χ1v) is 9.29. The third-order valence-electron chi connectivity index (χ3n) is 4.19. The topological polar surface area (TPSA) is 68.3 Å². The lowest BCUT2D eigenvalue weighted by Gasteiger charge is -2.18. The van der Waals surface area contributed by atoms with E-state index in [1.165, 1.54) is 5.56 Å². The van der Waals surface area contributed by atoms with E-state index in [9.17, 15) is 9.59 Å². The quantitative estimate of drug-likeness (QED) is 0.763. The number of thioether (sulfide) groups is 1. The molecule has 1 N–H and O–H groups in total. The number of amides is 2. The average molecular weight is 366 g/mol. The lowest BCUT2D eigenvalue weighted by Crippen LogP contribution is -2.38. The summed E-state index contributed by atoms with van der Waals surface area (Å²) < 4.78 is 4.50. The maximum atomic E-state index is 11.8. The minimum Gasteiger partial charge on any atom is -0.493 e. The molecule has 0 spiro atoms. The summed E-state index contributed by atoms with van der Waals surface area (Å²) in [7, 11) is 6.02. The van der Waals surface area contributed by atoms with Crippen LogP contribution in [0.5, 0.6) is 5.75 Å². The first kappa shape index (κ1) is 18.5. The summed E-state index contributed by atoms with van der Waals surface area (Å²) in [6.45, 7) is 2.64. The zero-order chi connectivity index (χ0) is 18.6. The van der Waals surface area contributed by atoms with E-state index in [1.807, 2.05) is 36.5 Å². The highest BCUT2D eigenvalue weighted by molar-refractivity contribution is 8.17. The van der Waals surface area contributed by atoms with Gasteiger partial charge in [0.1, 0.15) is 13.6 Å². The standard InChI is InChI=1S/C19H19BN2O3S/c1-2-13-3-6-15(21-12-13)9-10-25-16-7-4-14(5-8-16)11-19(20)17(23)22-18(24)26-19/h3-8,12H,2,9-11H2,1H3,(H,22,23,24). The van der Waals surface area contributed by atoms with Gasteiger partial charge in [-0.1, -0.05) is 36.9 Å². The van der Waals surface area contributed by atoms with E-state index in [4.69, 9.17) is 12.6 Å². The molecule has 1 aromatic heterocycles. The molecular weight excluding hydrogens is 347 g/mol. The Kier molecular flexibility index (Phi) is 5.66. The van der Waals surface area contributed by atoms with Crippen molar-refractivity contribution in [1.29, 1.82) is 0 Å². The number of pyridine rings is 1. The molecule has 1 aliphatic heterocycles. The first-order valence-electron chi connectivity index (χ1n) is 8.47. The van der Waals surface area contributed by atoms with Crippen LogP contribution in [0, 0.1) is 0 Å². The summed E-state index contributed by atoms with van der Waals surface area (Å²) in [5.74, 6) is 0.291. The molecule has 1 fully saturated rings. The summed E-state index contributed by atoms with van der Waals surface area (Å²) in [5, 5.41) is 1.81. The van der Waals surface area contributed by atoms with Gasteiger partial charge in [-0.3, -0.25) is 19.9 Å². The maximum absolute atomic E-state index is 11.8. The molecule has 3 rings (SSSR count). The fraction of sp³-hybridized carbons (Fsp3) is 0.316. The minimum absolute atomic E-state index is 0.281. The molecule has 132 valence electrons. The molecule has 5 nitrogen and oxygen atoms in total. The van der Waals surface area contributed by atoms with Gasteiger partial charge in [-0.05, 0) is 42.2 Å². The Morgan fingerprint density at radius 1 is 1.15 bits per heavy atom. The SMILES string of the molecule is [B]C1(Cc2ccc(OCCc3ccc(CC)cn3)cc2)SC(=O)NC1=O. The number of ether oxygens (including phenoxy) is 1. The van der Waals surface area contributed by atoms with Crippen LogP contribution < -0.4 is 10.1 Å². The number of carbonyl (C=O) groups excluding carboxylic acids is 2. The largest absolute Gasteiger partial charge is 0.493 e. The Morgan fingerprint density at radius 3 is 2.46 bits per heavy atom. The number of hydrogen-bond donors (Lipinski definition) is 1. The van der Waals surface area contributed by atoms with Crippen molar-refractivity contribution in [1.82, 2.24) is 10.3 Å². The van der Waals surface area contributed by atoms with Crippen molar-refractivity contribution in [2.75, 3.05) is 6.61 Å². The van der Waals surface area contributed by atoms with E-state index >= 15 is 0 Å². The predicted molar refractivity (Wildman–Crippen MR) is 103 cm³/mol. The molecule has 7 heteroatoms. The number of rotatable bonds is 7. The number of aryl methyl sites for hydroxylation is 1. The van der Waals surface area contributed by atoms with E-state index in [0.717, 1.165) is 41.6 Å². The average Bonchev–Trinajstić information content (AvgIpc) is 2.88. The zero-order valence-corrected chi connectivity index (χ0v) is 15.3. The highest BCUT2D eigenvalue weighted by Gasteiger charge is 2.42. The van der Waals surface area contributed by atoms with Crippen LogP contribution in [0.3, 0.4) is 0 Å². The van der Waals surface area contributed by atoms with Crippen LogP contribution in [0.2, 0.25) is 0 Å². The van der Waals surface area contributed by atoms with Crippen molar-refractivity contribution in [2.24, 2.45) is 0 Å². The first-order chi connectivity index (χ1) is 12.5. The number of imide groups is 1. The van der Waals surface area contributed by atoms with Crippen LogP contribution in [0.15, 0.2) is 42.6 Å². The summed E-state index contributed by atoms with van der Waals surface area (Å²) in [6, 6.07) is 11.5. The molecular formula is C19H19BN2O3S. The Balaban J connectivity index is 1.51. The van der Waals surface area contributed by atoms with Gasteiger partial charge in [-0.15, -0.1) is 0 Å². The number of nitrogens with zero attached hydrogens (tertiary/aromatic N) is 1. The van der Waals surface area contributed by atoms with Crippen LogP contribution in [0.1, 0.15) is 23.7 Å². The Morgan fingerprint density at radius 2 is 1.88 bits per heavy atom. The van der Waals surface area contributed by atoms with E-state index < -0.39 is 15.8 Å². The molecule has 1 aliphatic rings. The molecule has 1 atom stereocenters. The minimum atomic E-state index is -1.24. The van der Waals surface area contributed by atoms with Crippen molar-refractivity contribution in [3.63, 3.8) is 0 Å². The van der Waals surface area contributed by atoms with Gasteiger partial charge in [0.2, 0.25) is 5.91 Å². The van der Waals surface area contributed by atoms with E-state index in [-0.39, 0.29) is 6.42 Å². The van der Waals surface area contributed by atoms with E-state index in [1.54, 1.807) is 0 Å². The lowest BCUT2D eigenvalue weighted by molar-refractivity contribution is -0.119. The molecule has 2 heterocycles. The van der Waals surface area contributed by atoms with Crippen molar-refractivity contribution in [3.05, 3.63) is 59.4 Å². The van der Waals surface area contributed by atoms with Crippen LogP contribution >= 0.6 is 11.8 Å². The molecule has 26 heavy (non-hydrogen) atoms. The van der Waals surface area contributed by atoms with Gasteiger partial charge >= 0.3 is 0 Å². The summed E-state index contributed by atoms with van der Waals surface area (Å²) in [5.41, 5.74) is 3.09. The molecule has 0 saturated carbocycles. The molecule has 0 aliphatic carbocycles. The molecule has 2 aromatic rings. The summed E-state index contributed by atoms with van der Waals surface area (Å²) in [6.07, 6.45) is 3.89. The van der Waals surface area contributed by atoms with Gasteiger partial charge in [0.25, 0.3) is 5.24 Å². The highest BCUT2D eigenvalue weighted by Crippen LogP contribution is 2.32. The van der Waals surface area contributed by atoms with Gasteiger partial charge < -0.3 is 4.74 Å². The van der Waals surface area contributed by atoms with Gasteiger partial charge in [0.05, 0.1) is 11.3 Å². The predicted octanol–water partition coefficient (Wildman–Crippen LogP) is 2.66. The number of nitrogens with one attached hydrogen (secondary N) is 1. The molecule has 0 bridgehead atoms. The van der Waals surface area contributed by atoms with Crippen LogP contribution in [0.25, 0.3) is 0 Å². The maximum Gasteiger partial charge on any atom is 0.285 e. The zero-order valence-electron chi connectivity index (χ0n) is 14.5. The molecule has 1 aromatic carbocycles. The monoisotopic (exact) mass is 366 g/mol. The Bertz CT molecular complexity index is 795. The highest BCUT2D eigenvalue weighted by atomic mass is 32.2. The van der Waals surface area contributed by atoms with Gasteiger partial charge in [0, 0.05) is 18.3 Å². The second kappa shape index (κ2) is 7.95. The van der Waals surface area contributed by atoms with Gasteiger partial charge in [-0.25, -0.2) is 0 Å². The third kappa shape index (κ3) is 4.46. The smallest absolute Gasteiger partial charge is 0.285 e. The Hall–Kier alpha value is -2.28. The van der Waals surface area contributed by atoms with Gasteiger partial charge in [-0.2, -0.15) is 0 Å². The van der Waals surface area contributed by atoms with Crippen molar-refractivity contribution >= 4 is 30.8 Å². The fourth-order valence-electron chi connectivity index (χ4n) is 2.64. The second-order valence-corrected chi connectivity index (χ2v) is 7.47. The van der Waals surface area contributed by atoms with E-state index in [2.05, 4.69) is 23.3 Å². The molecule has 1 saturated heterocycles. The van der Waals surface area contributed by atoms with Crippen molar-refractivity contribution in [2.45, 2.75) is 30.8 Å². The van der Waals surface area contributed by atoms with Crippen LogP contribution in [0.4, 0.5) is 4.79 Å². The molecule has 2 radical (unpaired) electrons. The number of hydrogen-bond acceptors (Lipinski definition) is 5. The molecule has 2 amide bonds. The van der Waals surface area contributed by atoms with Crippen molar-refractivity contribution in [3.8, 4) is 5.75 Å². The molecule has 1 unspecified atom stereocenters. The van der Waals surface area contributed by atoms with E-state index in [0.29, 0.717) is 6.61 Å². The number of aromatic nitrogens is 1. The third-order valence-corrected chi connectivity index (χ3v) is 5.17. The summed E-state index contributed by atoms with van der Waals surface area (Å²) >= 11 is 0.829. The summed E-state index contributed by atoms with van der Waals surface area (Å²) in [4.78, 5) is 27.5. The second-order valence-electron chi connectivity index (χ2n) is 6.16. The lowest BCUT2D eigenvalue weighted by atomic mass is 9.80. The van der Waals surface area contributed by atoms with Crippen LogP contribution in [-0.4, -0.2) is 35.2 Å². The fourth-order valence-corrected chi connectivity index (χ4v) is 3.50. The number of benzene rings is 1. The van der Waals surface area contributed by atoms with Crippen LogP contribution in [-0.2, 0) is 24.1 Å². The Labute approximate surface area is 158 Å². The van der Waals surface area contributed by atoms with Crippen molar-refractivity contribution < 1.29 is 14.3 Å². The number of carbonyl (C=O) groups is 2.